The number of amides is 1. The van der Waals surface area contributed by atoms with Crippen molar-refractivity contribution in [2.45, 2.75) is 26.2 Å². The van der Waals surface area contributed by atoms with Crippen molar-refractivity contribution in [3.8, 4) is 5.75 Å². The van der Waals surface area contributed by atoms with Crippen LogP contribution in [-0.4, -0.2) is 25.3 Å². The van der Waals surface area contributed by atoms with E-state index in [2.05, 4.69) is 0 Å². The fraction of sp³-hybridized carbons (Fsp3) is 0.300. The Morgan fingerprint density at radius 3 is 2.62 bits per heavy atom. The topological polar surface area (TPSA) is 46.6 Å². The first-order valence-corrected chi connectivity index (χ1v) is 8.16. The summed E-state index contributed by atoms with van der Waals surface area (Å²) in [6.07, 6.45) is 1.49. The van der Waals surface area contributed by atoms with Gasteiger partial charge < -0.3 is 9.64 Å². The predicted molar refractivity (Wildman–Crippen MR) is 93.8 cm³/mol. The number of methoxy groups -OCH3 is 1. The lowest BCUT2D eigenvalue weighted by atomic mass is 9.96. The van der Waals surface area contributed by atoms with Gasteiger partial charge in [0, 0.05) is 24.9 Å². The molecule has 2 aromatic carbocycles. The van der Waals surface area contributed by atoms with E-state index < -0.39 is 0 Å². The Morgan fingerprint density at radius 2 is 1.92 bits per heavy atom. The molecule has 0 atom stereocenters. The SMILES string of the molecule is COc1ccc(CCC(=O)N2CCC(=O)c3cccc(C)c32)cc1. The molecule has 0 spiro atoms. The molecule has 4 heteroatoms. The van der Waals surface area contributed by atoms with Crippen molar-refractivity contribution in [3.05, 3.63) is 59.2 Å². The minimum atomic E-state index is 0.0638. The second-order valence-corrected chi connectivity index (χ2v) is 6.04. The number of anilines is 1. The molecule has 0 aliphatic carbocycles. The van der Waals surface area contributed by atoms with Gasteiger partial charge in [-0.2, -0.15) is 0 Å². The first-order valence-electron chi connectivity index (χ1n) is 8.16. The van der Waals surface area contributed by atoms with Gasteiger partial charge >= 0.3 is 0 Å². The van der Waals surface area contributed by atoms with Crippen molar-refractivity contribution in [2.75, 3.05) is 18.6 Å². The fourth-order valence-electron chi connectivity index (χ4n) is 3.13. The monoisotopic (exact) mass is 323 g/mol. The largest absolute Gasteiger partial charge is 0.497 e. The number of hydrogen-bond acceptors (Lipinski definition) is 3. The summed E-state index contributed by atoms with van der Waals surface area (Å²) in [5.74, 6) is 0.992. The van der Waals surface area contributed by atoms with Crippen LogP contribution in [0.5, 0.6) is 5.75 Å². The third kappa shape index (κ3) is 3.18. The summed E-state index contributed by atoms with van der Waals surface area (Å²) in [4.78, 5) is 26.6. The molecule has 2 aromatic rings. The van der Waals surface area contributed by atoms with E-state index in [1.54, 1.807) is 12.0 Å². The van der Waals surface area contributed by atoms with Crippen molar-refractivity contribution >= 4 is 17.4 Å². The van der Waals surface area contributed by atoms with E-state index in [1.807, 2.05) is 49.4 Å². The van der Waals surface area contributed by atoms with Gasteiger partial charge in [0.1, 0.15) is 5.75 Å². The summed E-state index contributed by atoms with van der Waals surface area (Å²) in [5.41, 5.74) is 3.52. The average molecular weight is 323 g/mol. The Labute approximate surface area is 142 Å². The maximum absolute atomic E-state index is 12.7. The van der Waals surface area contributed by atoms with Gasteiger partial charge in [-0.05, 0) is 42.7 Å². The van der Waals surface area contributed by atoms with E-state index in [4.69, 9.17) is 4.74 Å². The zero-order valence-electron chi connectivity index (χ0n) is 14.0. The third-order valence-electron chi connectivity index (χ3n) is 4.46. The molecule has 0 N–H and O–H groups in total. The van der Waals surface area contributed by atoms with E-state index in [0.717, 1.165) is 22.6 Å². The van der Waals surface area contributed by atoms with E-state index >= 15 is 0 Å². The smallest absolute Gasteiger partial charge is 0.227 e. The number of hydrogen-bond donors (Lipinski definition) is 0. The zero-order chi connectivity index (χ0) is 17.1. The molecule has 0 bridgehead atoms. The number of Topliss-reactive ketones (excluding diaryl/α,β-unsaturated/α-hetero) is 1. The zero-order valence-corrected chi connectivity index (χ0v) is 14.0. The highest BCUT2D eigenvalue weighted by molar-refractivity contribution is 6.09. The number of ether oxygens (including phenoxy) is 1. The maximum atomic E-state index is 12.7. The molecular formula is C20H21NO3. The van der Waals surface area contributed by atoms with Crippen LogP contribution in [0.3, 0.4) is 0 Å². The third-order valence-corrected chi connectivity index (χ3v) is 4.46. The van der Waals surface area contributed by atoms with E-state index in [-0.39, 0.29) is 11.7 Å². The number of para-hydroxylation sites is 1. The highest BCUT2D eigenvalue weighted by Gasteiger charge is 2.28. The maximum Gasteiger partial charge on any atom is 0.227 e. The summed E-state index contributed by atoms with van der Waals surface area (Å²) < 4.78 is 5.15. The minimum Gasteiger partial charge on any atom is -0.497 e. The molecule has 1 aliphatic rings. The lowest BCUT2D eigenvalue weighted by molar-refractivity contribution is -0.118. The van der Waals surface area contributed by atoms with Crippen molar-refractivity contribution in [3.63, 3.8) is 0 Å². The normalized spacial score (nSPS) is 13.6. The Morgan fingerprint density at radius 1 is 1.17 bits per heavy atom. The Kier molecular flexibility index (Phi) is 4.65. The Hall–Kier alpha value is -2.62. The van der Waals surface area contributed by atoms with Gasteiger partial charge in [-0.15, -0.1) is 0 Å². The average Bonchev–Trinajstić information content (AvgIpc) is 2.61. The molecule has 0 saturated heterocycles. The molecule has 3 rings (SSSR count). The molecule has 0 aromatic heterocycles. The molecule has 0 radical (unpaired) electrons. The second-order valence-electron chi connectivity index (χ2n) is 6.04. The number of carbonyl (C=O) groups is 2. The van der Waals surface area contributed by atoms with Gasteiger partial charge in [0.15, 0.2) is 5.78 Å². The lowest BCUT2D eigenvalue weighted by Crippen LogP contribution is -2.38. The van der Waals surface area contributed by atoms with E-state index in [0.29, 0.717) is 31.4 Å². The first kappa shape index (κ1) is 16.2. The highest BCUT2D eigenvalue weighted by atomic mass is 16.5. The van der Waals surface area contributed by atoms with E-state index in [1.165, 1.54) is 0 Å². The minimum absolute atomic E-state index is 0.0638. The van der Waals surface area contributed by atoms with Crippen molar-refractivity contribution in [2.24, 2.45) is 0 Å². The molecule has 1 aliphatic heterocycles. The fourth-order valence-corrected chi connectivity index (χ4v) is 3.13. The van der Waals surface area contributed by atoms with Crippen LogP contribution in [0.15, 0.2) is 42.5 Å². The van der Waals surface area contributed by atoms with Gasteiger partial charge in [-0.3, -0.25) is 9.59 Å². The van der Waals surface area contributed by atoms with Gasteiger partial charge in [0.25, 0.3) is 0 Å². The summed E-state index contributed by atoms with van der Waals surface area (Å²) >= 11 is 0. The summed E-state index contributed by atoms with van der Waals surface area (Å²) in [5, 5.41) is 0. The molecule has 124 valence electrons. The molecule has 4 nitrogen and oxygen atoms in total. The van der Waals surface area contributed by atoms with Gasteiger partial charge in [-0.1, -0.05) is 24.3 Å². The molecule has 0 saturated carbocycles. The number of nitrogens with zero attached hydrogens (tertiary/aromatic N) is 1. The van der Waals surface area contributed by atoms with E-state index in [9.17, 15) is 9.59 Å². The summed E-state index contributed by atoms with van der Waals surface area (Å²) in [7, 11) is 1.63. The molecule has 24 heavy (non-hydrogen) atoms. The molecule has 1 amide bonds. The lowest BCUT2D eigenvalue weighted by Gasteiger charge is -2.30. The van der Waals surface area contributed by atoms with Crippen LogP contribution in [-0.2, 0) is 11.2 Å². The number of benzene rings is 2. The quantitative estimate of drug-likeness (QED) is 0.864. The van der Waals surface area contributed by atoms with Crippen LogP contribution in [0.2, 0.25) is 0 Å². The Balaban J connectivity index is 1.74. The van der Waals surface area contributed by atoms with Gasteiger partial charge in [-0.25, -0.2) is 0 Å². The molecular weight excluding hydrogens is 302 g/mol. The van der Waals surface area contributed by atoms with Crippen molar-refractivity contribution < 1.29 is 14.3 Å². The van der Waals surface area contributed by atoms with Crippen LogP contribution < -0.4 is 9.64 Å². The van der Waals surface area contributed by atoms with Gasteiger partial charge in [0.2, 0.25) is 5.91 Å². The number of ketones is 1. The van der Waals surface area contributed by atoms with Crippen molar-refractivity contribution in [1.82, 2.24) is 0 Å². The van der Waals surface area contributed by atoms with Crippen LogP contribution in [0.4, 0.5) is 5.69 Å². The van der Waals surface area contributed by atoms with Crippen molar-refractivity contribution in [1.29, 1.82) is 0 Å². The van der Waals surface area contributed by atoms with Crippen LogP contribution in [0, 0.1) is 6.92 Å². The molecule has 0 unspecified atom stereocenters. The highest BCUT2D eigenvalue weighted by Crippen LogP contribution is 2.31. The van der Waals surface area contributed by atoms with Crippen LogP contribution >= 0.6 is 0 Å². The number of fused-ring (bicyclic) bond motifs is 1. The molecule has 1 heterocycles. The number of aryl methyl sites for hydroxylation is 2. The first-order chi connectivity index (χ1) is 11.6. The Bertz CT molecular complexity index is 765. The second kappa shape index (κ2) is 6.87. The molecule has 0 fully saturated rings. The standard InChI is InChI=1S/C20H21NO3/c1-14-4-3-5-17-18(22)12-13-21(20(14)17)19(23)11-8-15-6-9-16(24-2)10-7-15/h3-7,9-10H,8,11-13H2,1-2H3. The predicted octanol–water partition coefficient (Wildman–Crippen LogP) is 3.56. The number of rotatable bonds is 4. The van der Waals surface area contributed by atoms with Crippen LogP contribution in [0.25, 0.3) is 0 Å². The van der Waals surface area contributed by atoms with Crippen LogP contribution in [0.1, 0.15) is 34.3 Å². The summed E-state index contributed by atoms with van der Waals surface area (Å²) in [6.45, 7) is 2.42. The summed E-state index contributed by atoms with van der Waals surface area (Å²) in [6, 6.07) is 13.4. The number of carbonyl (C=O) groups excluding carboxylic acids is 2. The van der Waals surface area contributed by atoms with Gasteiger partial charge in [0.05, 0.1) is 12.8 Å².